The van der Waals surface area contributed by atoms with Crippen LogP contribution in [0.25, 0.3) is 0 Å². The lowest BCUT2D eigenvalue weighted by molar-refractivity contribution is 0.161. The fourth-order valence-electron chi connectivity index (χ4n) is 2.38. The number of methoxy groups -OCH3 is 1. The molecule has 1 aromatic rings. The van der Waals surface area contributed by atoms with Crippen LogP contribution in [0.2, 0.25) is 0 Å². The van der Waals surface area contributed by atoms with Crippen LogP contribution in [-0.2, 0) is 4.74 Å². The quantitative estimate of drug-likeness (QED) is 0.234. The van der Waals surface area contributed by atoms with Crippen molar-refractivity contribution in [3.63, 3.8) is 0 Å². The Morgan fingerprint density at radius 3 is 2.69 bits per heavy atom. The molecule has 7 heteroatoms. The van der Waals surface area contributed by atoms with E-state index in [2.05, 4.69) is 27.6 Å². The standard InChI is InChI=1S/C19H33FN4O.HI/c1-6-21-19(22-10-7-11-24(4)12-13-25-5)23-16(3)17-9-8-15(2)18(20)14-17;/h8-9,14,16H,6-7,10-13H2,1-5H3,(H2,21,22,23);1H. The lowest BCUT2D eigenvalue weighted by atomic mass is 10.1. The molecule has 0 aliphatic rings. The van der Waals surface area contributed by atoms with Crippen LogP contribution in [0, 0.1) is 12.7 Å². The van der Waals surface area contributed by atoms with Gasteiger partial charge in [0, 0.05) is 26.7 Å². The number of guanidine groups is 1. The predicted molar refractivity (Wildman–Crippen MR) is 118 cm³/mol. The van der Waals surface area contributed by atoms with E-state index in [1.165, 1.54) is 0 Å². The molecule has 0 amide bonds. The highest BCUT2D eigenvalue weighted by Crippen LogP contribution is 2.16. The zero-order valence-electron chi connectivity index (χ0n) is 16.6. The monoisotopic (exact) mass is 480 g/mol. The first-order chi connectivity index (χ1) is 12.0. The molecule has 0 bridgehead atoms. The maximum Gasteiger partial charge on any atom is 0.191 e. The van der Waals surface area contributed by atoms with Gasteiger partial charge in [0.1, 0.15) is 5.82 Å². The summed E-state index contributed by atoms with van der Waals surface area (Å²) in [5, 5.41) is 6.59. The van der Waals surface area contributed by atoms with E-state index in [-0.39, 0.29) is 35.8 Å². The summed E-state index contributed by atoms with van der Waals surface area (Å²) in [6.07, 6.45) is 0.977. The van der Waals surface area contributed by atoms with Crippen molar-refractivity contribution >= 4 is 29.9 Å². The number of nitrogens with zero attached hydrogens (tertiary/aromatic N) is 2. The lowest BCUT2D eigenvalue weighted by Gasteiger charge is -2.19. The Morgan fingerprint density at radius 2 is 2.08 bits per heavy atom. The van der Waals surface area contributed by atoms with Gasteiger partial charge in [-0.15, -0.1) is 24.0 Å². The third kappa shape index (κ3) is 9.68. The topological polar surface area (TPSA) is 48.9 Å². The molecule has 0 radical (unpaired) electrons. The van der Waals surface area contributed by atoms with E-state index in [1.807, 2.05) is 26.0 Å². The number of likely N-dealkylation sites (N-methyl/N-ethyl adjacent to an activating group) is 1. The molecule has 150 valence electrons. The molecular formula is C19H34FIN4O. The van der Waals surface area contributed by atoms with Gasteiger partial charge in [-0.1, -0.05) is 12.1 Å². The van der Waals surface area contributed by atoms with Crippen molar-refractivity contribution in [2.45, 2.75) is 33.2 Å². The molecule has 1 unspecified atom stereocenters. The highest BCUT2D eigenvalue weighted by atomic mass is 127. The van der Waals surface area contributed by atoms with Crippen LogP contribution in [0.3, 0.4) is 0 Å². The molecule has 1 rings (SSSR count). The van der Waals surface area contributed by atoms with E-state index in [4.69, 9.17) is 4.74 Å². The number of ether oxygens (including phenoxy) is 1. The molecule has 0 saturated carbocycles. The largest absolute Gasteiger partial charge is 0.383 e. The summed E-state index contributed by atoms with van der Waals surface area (Å²) < 4.78 is 18.8. The molecule has 0 fully saturated rings. The van der Waals surface area contributed by atoms with Gasteiger partial charge in [0.15, 0.2) is 5.96 Å². The summed E-state index contributed by atoms with van der Waals surface area (Å²) in [7, 11) is 3.80. The Morgan fingerprint density at radius 1 is 1.35 bits per heavy atom. The minimum Gasteiger partial charge on any atom is -0.383 e. The second-order valence-corrected chi connectivity index (χ2v) is 6.28. The molecule has 1 aromatic carbocycles. The van der Waals surface area contributed by atoms with Crippen molar-refractivity contribution in [3.05, 3.63) is 35.1 Å². The first kappa shape index (κ1) is 25.1. The molecule has 5 nitrogen and oxygen atoms in total. The van der Waals surface area contributed by atoms with E-state index >= 15 is 0 Å². The Hall–Kier alpha value is -0.930. The number of aliphatic imine (C=N–C) groups is 1. The van der Waals surface area contributed by atoms with Gasteiger partial charge < -0.3 is 20.3 Å². The lowest BCUT2D eigenvalue weighted by Crippen LogP contribution is -2.39. The Labute approximate surface area is 174 Å². The zero-order chi connectivity index (χ0) is 18.7. The average Bonchev–Trinajstić information content (AvgIpc) is 2.59. The number of hydrogen-bond donors (Lipinski definition) is 2. The van der Waals surface area contributed by atoms with Gasteiger partial charge >= 0.3 is 0 Å². The maximum absolute atomic E-state index is 13.8. The highest BCUT2D eigenvalue weighted by Gasteiger charge is 2.09. The second kappa shape index (κ2) is 14.2. The van der Waals surface area contributed by atoms with Gasteiger partial charge in [-0.3, -0.25) is 4.99 Å². The van der Waals surface area contributed by atoms with Crippen molar-refractivity contribution < 1.29 is 9.13 Å². The Kier molecular flexibility index (Phi) is 13.7. The first-order valence-corrected chi connectivity index (χ1v) is 8.96. The van der Waals surface area contributed by atoms with Crippen molar-refractivity contribution in [1.82, 2.24) is 15.5 Å². The zero-order valence-corrected chi connectivity index (χ0v) is 19.0. The molecule has 0 aliphatic heterocycles. The Balaban J connectivity index is 0.00000625. The number of aryl methyl sites for hydroxylation is 1. The average molecular weight is 480 g/mol. The highest BCUT2D eigenvalue weighted by molar-refractivity contribution is 14.0. The molecule has 26 heavy (non-hydrogen) atoms. The molecule has 2 N–H and O–H groups in total. The van der Waals surface area contributed by atoms with Crippen LogP contribution in [0.15, 0.2) is 23.2 Å². The van der Waals surface area contributed by atoms with Gasteiger partial charge in [0.25, 0.3) is 0 Å². The summed E-state index contributed by atoms with van der Waals surface area (Å²) >= 11 is 0. The number of nitrogens with one attached hydrogen (secondary N) is 2. The molecule has 1 atom stereocenters. The molecular weight excluding hydrogens is 446 g/mol. The van der Waals surface area contributed by atoms with Crippen LogP contribution in [0.5, 0.6) is 0 Å². The number of rotatable bonds is 10. The van der Waals surface area contributed by atoms with E-state index in [0.29, 0.717) is 5.56 Å². The number of benzene rings is 1. The summed E-state index contributed by atoms with van der Waals surface area (Å²) in [5.74, 6) is 0.586. The smallest absolute Gasteiger partial charge is 0.191 e. The van der Waals surface area contributed by atoms with E-state index in [1.54, 1.807) is 20.1 Å². The van der Waals surface area contributed by atoms with Gasteiger partial charge in [-0.05, 0) is 58.0 Å². The van der Waals surface area contributed by atoms with Crippen LogP contribution >= 0.6 is 24.0 Å². The summed E-state index contributed by atoms with van der Waals surface area (Å²) in [5.41, 5.74) is 1.57. The first-order valence-electron chi connectivity index (χ1n) is 8.96. The maximum atomic E-state index is 13.8. The SMILES string of the molecule is CCNC(=NCCCN(C)CCOC)NC(C)c1ccc(C)c(F)c1.I. The molecule has 0 spiro atoms. The third-order valence-corrected chi connectivity index (χ3v) is 4.04. The van der Waals surface area contributed by atoms with Crippen LogP contribution in [0.1, 0.15) is 37.4 Å². The Bertz CT molecular complexity index is 542. The molecule has 0 heterocycles. The molecule has 0 aliphatic carbocycles. The molecule has 0 saturated heterocycles. The van der Waals surface area contributed by atoms with Gasteiger partial charge in [-0.2, -0.15) is 0 Å². The van der Waals surface area contributed by atoms with Crippen LogP contribution in [0.4, 0.5) is 4.39 Å². The minimum atomic E-state index is -0.174. The van der Waals surface area contributed by atoms with Crippen molar-refractivity contribution in [1.29, 1.82) is 0 Å². The summed E-state index contributed by atoms with van der Waals surface area (Å²) in [4.78, 5) is 6.85. The van der Waals surface area contributed by atoms with Gasteiger partial charge in [0.05, 0.1) is 12.6 Å². The van der Waals surface area contributed by atoms with E-state index < -0.39 is 0 Å². The fourth-order valence-corrected chi connectivity index (χ4v) is 2.38. The van der Waals surface area contributed by atoms with Crippen LogP contribution < -0.4 is 10.6 Å². The normalized spacial score (nSPS) is 12.7. The second-order valence-electron chi connectivity index (χ2n) is 6.28. The van der Waals surface area contributed by atoms with E-state index in [9.17, 15) is 4.39 Å². The van der Waals surface area contributed by atoms with E-state index in [0.717, 1.165) is 50.7 Å². The predicted octanol–water partition coefficient (Wildman–Crippen LogP) is 3.34. The third-order valence-electron chi connectivity index (χ3n) is 4.04. The summed E-state index contributed by atoms with van der Waals surface area (Å²) in [6, 6.07) is 5.33. The number of hydrogen-bond acceptors (Lipinski definition) is 3. The fraction of sp³-hybridized carbons (Fsp3) is 0.632. The number of halogens is 2. The van der Waals surface area contributed by atoms with Crippen molar-refractivity contribution in [2.75, 3.05) is 46.9 Å². The van der Waals surface area contributed by atoms with Crippen molar-refractivity contribution in [2.24, 2.45) is 4.99 Å². The molecule has 0 aromatic heterocycles. The van der Waals surface area contributed by atoms with Crippen molar-refractivity contribution in [3.8, 4) is 0 Å². The summed E-state index contributed by atoms with van der Waals surface area (Å²) in [6.45, 7) is 9.98. The van der Waals surface area contributed by atoms with Gasteiger partial charge in [-0.25, -0.2) is 4.39 Å². The van der Waals surface area contributed by atoms with Crippen LogP contribution in [-0.4, -0.2) is 57.8 Å². The minimum absolute atomic E-state index is 0. The van der Waals surface area contributed by atoms with Gasteiger partial charge in [0.2, 0.25) is 0 Å².